The Morgan fingerprint density at radius 2 is 1.90 bits per heavy atom. The van der Waals surface area contributed by atoms with Crippen LogP contribution in [0.5, 0.6) is 0 Å². The number of benzene rings is 1. The maximum Gasteiger partial charge on any atom is 0.312 e. The van der Waals surface area contributed by atoms with E-state index in [9.17, 15) is 24.8 Å². The van der Waals surface area contributed by atoms with E-state index in [1.807, 2.05) is 0 Å². The zero-order chi connectivity index (χ0) is 21.0. The topological polar surface area (TPSA) is 119 Å². The highest BCUT2D eigenvalue weighted by atomic mass is 16.6. The van der Waals surface area contributed by atoms with Crippen LogP contribution < -0.4 is 5.32 Å². The summed E-state index contributed by atoms with van der Waals surface area (Å²) < 4.78 is 5.34. The highest BCUT2D eigenvalue weighted by Crippen LogP contribution is 2.61. The van der Waals surface area contributed by atoms with Crippen LogP contribution in [-0.4, -0.2) is 34.1 Å². The molecule has 2 N–H and O–H groups in total. The molecule has 156 valence electrons. The van der Waals surface area contributed by atoms with Crippen molar-refractivity contribution in [2.45, 2.75) is 58.0 Å². The summed E-state index contributed by atoms with van der Waals surface area (Å²) in [6.45, 7) is 2.99. The van der Waals surface area contributed by atoms with E-state index in [0.29, 0.717) is 36.7 Å². The summed E-state index contributed by atoms with van der Waals surface area (Å²) in [6.07, 6.45) is 4.35. The lowest BCUT2D eigenvalue weighted by atomic mass is 9.48. The largest absolute Gasteiger partial charge is 0.455 e. The molecule has 0 aliphatic heterocycles. The number of aliphatic hydroxyl groups is 1. The zero-order valence-corrected chi connectivity index (χ0v) is 16.7. The summed E-state index contributed by atoms with van der Waals surface area (Å²) in [7, 11) is 0. The Kier molecular flexibility index (Phi) is 4.64. The van der Waals surface area contributed by atoms with Crippen LogP contribution in [0.3, 0.4) is 0 Å². The molecule has 4 atom stereocenters. The Bertz CT molecular complexity index is 881. The lowest BCUT2D eigenvalue weighted by Crippen LogP contribution is -2.58. The number of ether oxygens (including phenoxy) is 1. The molecule has 29 heavy (non-hydrogen) atoms. The van der Waals surface area contributed by atoms with Gasteiger partial charge in [-0.1, -0.05) is 6.07 Å². The third-order valence-corrected chi connectivity index (χ3v) is 6.97. The van der Waals surface area contributed by atoms with Crippen LogP contribution in [0.25, 0.3) is 0 Å². The number of carbonyl (C=O) groups is 2. The minimum absolute atomic E-state index is 0.125. The van der Waals surface area contributed by atoms with Crippen molar-refractivity contribution in [1.82, 2.24) is 0 Å². The molecule has 0 saturated heterocycles. The molecule has 0 spiro atoms. The second kappa shape index (κ2) is 6.79. The van der Waals surface area contributed by atoms with Crippen molar-refractivity contribution in [1.29, 1.82) is 0 Å². The van der Waals surface area contributed by atoms with E-state index in [4.69, 9.17) is 4.74 Å². The van der Waals surface area contributed by atoms with Crippen LogP contribution in [0, 0.1) is 41.2 Å². The molecule has 1 aromatic rings. The number of esters is 1. The highest BCUT2D eigenvalue weighted by Gasteiger charge is 2.60. The second-order valence-corrected chi connectivity index (χ2v) is 9.25. The molecule has 8 nitrogen and oxygen atoms in total. The van der Waals surface area contributed by atoms with Crippen LogP contribution in [0.2, 0.25) is 0 Å². The Morgan fingerprint density at radius 3 is 2.48 bits per heavy atom. The lowest BCUT2D eigenvalue weighted by molar-refractivity contribution is -0.384. The predicted octanol–water partition coefficient (Wildman–Crippen LogP) is 3.02. The molecule has 4 fully saturated rings. The van der Waals surface area contributed by atoms with Gasteiger partial charge in [0.2, 0.25) is 0 Å². The van der Waals surface area contributed by atoms with Gasteiger partial charge in [-0.2, -0.15) is 0 Å². The van der Waals surface area contributed by atoms with Gasteiger partial charge >= 0.3 is 5.97 Å². The van der Waals surface area contributed by atoms with E-state index in [1.54, 1.807) is 19.9 Å². The first-order valence-electron chi connectivity index (χ1n) is 10.0. The average molecular weight is 402 g/mol. The molecule has 8 heteroatoms. The molecular formula is C21H26N2O6. The summed E-state index contributed by atoms with van der Waals surface area (Å²) in [5, 5.41) is 24.6. The average Bonchev–Trinajstić information content (AvgIpc) is 2.61. The molecule has 4 bridgehead atoms. The Balaban J connectivity index is 1.43. The zero-order valence-electron chi connectivity index (χ0n) is 16.7. The molecule has 4 saturated carbocycles. The third-order valence-electron chi connectivity index (χ3n) is 6.97. The minimum atomic E-state index is -0.787. The van der Waals surface area contributed by atoms with Crippen molar-refractivity contribution < 1.29 is 24.4 Å². The van der Waals surface area contributed by atoms with Gasteiger partial charge in [-0.25, -0.2) is 0 Å². The molecule has 0 radical (unpaired) electrons. The van der Waals surface area contributed by atoms with E-state index in [1.165, 1.54) is 6.07 Å². The standard InChI is InChI=1S/C21H26N2O6/c1-12-3-4-16(23(27)28)18(13(12)2)22-17(24)10-29-19(25)20-6-14-5-15(7-20)9-21(26,8-14)11-20/h3-4,14-15,26H,5-11H2,1-2H3,(H,22,24)/t14-,15+,20?,21?. The van der Waals surface area contributed by atoms with Crippen LogP contribution in [0.15, 0.2) is 12.1 Å². The van der Waals surface area contributed by atoms with Gasteiger partial charge < -0.3 is 15.2 Å². The van der Waals surface area contributed by atoms with Crippen molar-refractivity contribution >= 4 is 23.3 Å². The van der Waals surface area contributed by atoms with Gasteiger partial charge in [0.1, 0.15) is 5.69 Å². The minimum Gasteiger partial charge on any atom is -0.455 e. The Hall–Kier alpha value is -2.48. The first kappa shape index (κ1) is 19.8. The van der Waals surface area contributed by atoms with E-state index < -0.39 is 34.4 Å². The van der Waals surface area contributed by atoms with Gasteiger partial charge in [0.15, 0.2) is 6.61 Å². The van der Waals surface area contributed by atoms with Gasteiger partial charge in [0.25, 0.3) is 11.6 Å². The second-order valence-electron chi connectivity index (χ2n) is 9.25. The van der Waals surface area contributed by atoms with Crippen LogP contribution in [0.4, 0.5) is 11.4 Å². The quantitative estimate of drug-likeness (QED) is 0.444. The number of hydrogen-bond acceptors (Lipinski definition) is 6. The normalized spacial score (nSPS) is 32.1. The fraction of sp³-hybridized carbons (Fsp3) is 0.619. The summed E-state index contributed by atoms with van der Waals surface area (Å²) in [5.41, 5.74) is -0.155. The lowest BCUT2D eigenvalue weighted by Gasteiger charge is -2.58. The smallest absolute Gasteiger partial charge is 0.312 e. The van der Waals surface area contributed by atoms with Crippen molar-refractivity contribution in [3.63, 3.8) is 0 Å². The fourth-order valence-electron chi connectivity index (χ4n) is 6.02. The van der Waals surface area contributed by atoms with Crippen LogP contribution in [-0.2, 0) is 14.3 Å². The third kappa shape index (κ3) is 3.50. The summed E-state index contributed by atoms with van der Waals surface area (Å²) in [6, 6.07) is 2.97. The molecule has 1 aromatic carbocycles. The summed E-state index contributed by atoms with van der Waals surface area (Å²) in [5.74, 6) is -0.380. The number of nitrogens with zero attached hydrogens (tertiary/aromatic N) is 1. The van der Waals surface area contributed by atoms with Gasteiger partial charge in [0, 0.05) is 6.07 Å². The summed E-state index contributed by atoms with van der Waals surface area (Å²) >= 11 is 0. The number of nitro groups is 1. The number of anilines is 1. The first-order valence-corrected chi connectivity index (χ1v) is 10.0. The fourth-order valence-corrected chi connectivity index (χ4v) is 6.02. The number of rotatable bonds is 5. The number of aryl methyl sites for hydroxylation is 1. The van der Waals surface area contributed by atoms with Crippen molar-refractivity contribution in [2.75, 3.05) is 11.9 Å². The maximum absolute atomic E-state index is 12.9. The van der Waals surface area contributed by atoms with E-state index in [0.717, 1.165) is 24.8 Å². The summed E-state index contributed by atoms with van der Waals surface area (Å²) in [4.78, 5) is 36.0. The highest BCUT2D eigenvalue weighted by molar-refractivity contribution is 5.96. The van der Waals surface area contributed by atoms with E-state index in [-0.39, 0.29) is 11.4 Å². The maximum atomic E-state index is 12.9. The number of nitro benzene ring substituents is 1. The SMILES string of the molecule is Cc1ccc([N+](=O)[O-])c(NC(=O)COC(=O)C23C[C@@H]4C[C@@H](CC(O)(C4)C2)C3)c1C. The number of nitrogens with one attached hydrogen (secondary N) is 1. The van der Waals surface area contributed by atoms with Gasteiger partial charge in [-0.05, 0) is 75.3 Å². The number of carbonyl (C=O) groups excluding carboxylic acids is 2. The molecule has 1 amide bonds. The molecule has 5 rings (SSSR count). The molecule has 0 aromatic heterocycles. The molecule has 0 heterocycles. The number of amides is 1. The van der Waals surface area contributed by atoms with E-state index in [2.05, 4.69) is 5.32 Å². The van der Waals surface area contributed by atoms with Crippen LogP contribution in [0.1, 0.15) is 49.7 Å². The molecule has 4 aliphatic rings. The van der Waals surface area contributed by atoms with Crippen molar-refractivity contribution in [2.24, 2.45) is 17.3 Å². The Morgan fingerprint density at radius 1 is 1.24 bits per heavy atom. The molecular weight excluding hydrogens is 376 g/mol. The van der Waals surface area contributed by atoms with Gasteiger partial charge in [0.05, 0.1) is 15.9 Å². The monoisotopic (exact) mass is 402 g/mol. The number of hydrogen-bond donors (Lipinski definition) is 2. The first-order chi connectivity index (χ1) is 13.6. The molecule has 4 aliphatic carbocycles. The van der Waals surface area contributed by atoms with Crippen molar-refractivity contribution in [3.8, 4) is 0 Å². The van der Waals surface area contributed by atoms with Crippen molar-refractivity contribution in [3.05, 3.63) is 33.4 Å². The van der Waals surface area contributed by atoms with Gasteiger partial charge in [-0.3, -0.25) is 19.7 Å². The Labute approximate surface area is 168 Å². The van der Waals surface area contributed by atoms with Crippen LogP contribution >= 0.6 is 0 Å². The van der Waals surface area contributed by atoms with E-state index >= 15 is 0 Å². The molecule has 2 unspecified atom stereocenters. The predicted molar refractivity (Wildman–Crippen MR) is 104 cm³/mol. The van der Waals surface area contributed by atoms with Gasteiger partial charge in [-0.15, -0.1) is 0 Å².